The van der Waals surface area contributed by atoms with Gasteiger partial charge in [-0.2, -0.15) is 0 Å². The van der Waals surface area contributed by atoms with E-state index in [1.807, 2.05) is 0 Å². The smallest absolute Gasteiger partial charge is 0.339 e. The summed E-state index contributed by atoms with van der Waals surface area (Å²) in [5.74, 6) is -2.83. The standard InChI is InChI=1S/C16H12FN3O4/c1-8-14(20-7-9(17)2-5-13(20)18-8)15(22)19-10-3-4-12(21)11(6-10)16(23)24/h2-7,21H,1H3,(H,19,22)(H,23,24). The molecule has 0 aliphatic heterocycles. The van der Waals surface area contributed by atoms with Crippen LogP contribution in [0, 0.1) is 12.7 Å². The molecule has 7 nitrogen and oxygen atoms in total. The Morgan fingerprint density at radius 1 is 1.25 bits per heavy atom. The molecule has 1 aromatic carbocycles. The van der Waals surface area contributed by atoms with E-state index < -0.39 is 23.4 Å². The number of nitrogens with one attached hydrogen (secondary N) is 1. The van der Waals surface area contributed by atoms with Gasteiger partial charge in [-0.3, -0.25) is 9.20 Å². The number of carbonyl (C=O) groups excluding carboxylic acids is 1. The number of phenols is 1. The maximum atomic E-state index is 13.4. The average Bonchev–Trinajstić information content (AvgIpc) is 2.84. The molecule has 0 unspecified atom stereocenters. The predicted octanol–water partition coefficient (Wildman–Crippen LogP) is 2.44. The molecule has 8 heteroatoms. The second kappa shape index (κ2) is 5.65. The molecule has 0 aliphatic carbocycles. The van der Waals surface area contributed by atoms with E-state index in [0.717, 1.165) is 12.3 Å². The van der Waals surface area contributed by atoms with Crippen molar-refractivity contribution in [2.75, 3.05) is 5.32 Å². The number of hydrogen-bond acceptors (Lipinski definition) is 4. The predicted molar refractivity (Wildman–Crippen MR) is 82.9 cm³/mol. The number of rotatable bonds is 3. The summed E-state index contributed by atoms with van der Waals surface area (Å²) in [7, 11) is 0. The Labute approximate surface area is 135 Å². The number of amides is 1. The van der Waals surface area contributed by atoms with Gasteiger partial charge in [0.05, 0.1) is 5.69 Å². The largest absolute Gasteiger partial charge is 0.507 e. The third-order valence-electron chi connectivity index (χ3n) is 3.46. The van der Waals surface area contributed by atoms with Gasteiger partial charge in [0.15, 0.2) is 0 Å². The van der Waals surface area contributed by atoms with E-state index in [2.05, 4.69) is 10.3 Å². The first-order valence-corrected chi connectivity index (χ1v) is 6.88. The summed E-state index contributed by atoms with van der Waals surface area (Å²) in [5.41, 5.74) is 0.787. The van der Waals surface area contributed by atoms with Crippen molar-refractivity contribution in [1.29, 1.82) is 0 Å². The van der Waals surface area contributed by atoms with Gasteiger partial charge in [0.2, 0.25) is 0 Å². The molecule has 3 N–H and O–H groups in total. The summed E-state index contributed by atoms with van der Waals surface area (Å²) in [6.07, 6.45) is 1.14. The first-order chi connectivity index (χ1) is 11.4. The van der Waals surface area contributed by atoms with Crippen molar-refractivity contribution in [1.82, 2.24) is 9.38 Å². The third-order valence-corrected chi connectivity index (χ3v) is 3.46. The number of carbonyl (C=O) groups is 2. The van der Waals surface area contributed by atoms with E-state index in [1.54, 1.807) is 6.92 Å². The number of benzene rings is 1. The number of aromatic hydroxyl groups is 1. The molecular formula is C16H12FN3O4. The highest BCUT2D eigenvalue weighted by atomic mass is 19.1. The molecule has 2 aromatic heterocycles. The fourth-order valence-electron chi connectivity index (χ4n) is 2.39. The summed E-state index contributed by atoms with van der Waals surface area (Å²) in [6.45, 7) is 1.61. The molecule has 0 bridgehead atoms. The molecule has 0 fully saturated rings. The van der Waals surface area contributed by atoms with Crippen molar-refractivity contribution >= 4 is 23.2 Å². The van der Waals surface area contributed by atoms with Gasteiger partial charge in [0.1, 0.15) is 28.5 Å². The highest BCUT2D eigenvalue weighted by Crippen LogP contribution is 2.22. The number of carboxylic acid groups (broad SMARTS) is 1. The maximum Gasteiger partial charge on any atom is 0.339 e. The van der Waals surface area contributed by atoms with Crippen LogP contribution < -0.4 is 5.32 Å². The number of nitrogens with zero attached hydrogens (tertiary/aromatic N) is 2. The van der Waals surface area contributed by atoms with Gasteiger partial charge >= 0.3 is 5.97 Å². The average molecular weight is 329 g/mol. The van der Waals surface area contributed by atoms with Crippen molar-refractivity contribution in [3.8, 4) is 5.75 Å². The molecule has 3 aromatic rings. The van der Waals surface area contributed by atoms with Crippen LogP contribution in [0.5, 0.6) is 5.75 Å². The Morgan fingerprint density at radius 3 is 2.71 bits per heavy atom. The number of anilines is 1. The Balaban J connectivity index is 1.99. The maximum absolute atomic E-state index is 13.4. The first-order valence-electron chi connectivity index (χ1n) is 6.88. The van der Waals surface area contributed by atoms with Crippen LogP contribution in [-0.2, 0) is 0 Å². The summed E-state index contributed by atoms with van der Waals surface area (Å²) >= 11 is 0. The van der Waals surface area contributed by atoms with Crippen LogP contribution in [0.25, 0.3) is 5.65 Å². The lowest BCUT2D eigenvalue weighted by molar-refractivity contribution is 0.0693. The quantitative estimate of drug-likeness (QED) is 0.640. The molecule has 0 saturated heterocycles. The van der Waals surface area contributed by atoms with Crippen molar-refractivity contribution in [3.05, 3.63) is 59.3 Å². The fraction of sp³-hybridized carbons (Fsp3) is 0.0625. The fourth-order valence-corrected chi connectivity index (χ4v) is 2.39. The van der Waals surface area contributed by atoms with E-state index in [4.69, 9.17) is 5.11 Å². The van der Waals surface area contributed by atoms with Gasteiger partial charge in [-0.1, -0.05) is 0 Å². The van der Waals surface area contributed by atoms with Crippen molar-refractivity contribution in [2.45, 2.75) is 6.92 Å². The number of imidazole rings is 1. The van der Waals surface area contributed by atoms with Crippen molar-refractivity contribution < 1.29 is 24.2 Å². The number of aromatic carboxylic acids is 1. The lowest BCUT2D eigenvalue weighted by Crippen LogP contribution is -2.16. The third kappa shape index (κ3) is 2.65. The van der Waals surface area contributed by atoms with E-state index in [-0.39, 0.29) is 16.9 Å². The number of aromatic nitrogens is 2. The van der Waals surface area contributed by atoms with Crippen LogP contribution in [-0.4, -0.2) is 31.5 Å². The summed E-state index contributed by atoms with van der Waals surface area (Å²) in [6, 6.07) is 6.35. The zero-order chi connectivity index (χ0) is 17.4. The first kappa shape index (κ1) is 15.5. The zero-order valence-corrected chi connectivity index (χ0v) is 12.4. The number of hydrogen-bond donors (Lipinski definition) is 3. The molecule has 0 spiro atoms. The van der Waals surface area contributed by atoms with Crippen LogP contribution in [0.4, 0.5) is 10.1 Å². The Morgan fingerprint density at radius 2 is 2.00 bits per heavy atom. The lowest BCUT2D eigenvalue weighted by Gasteiger charge is -2.08. The highest BCUT2D eigenvalue weighted by Gasteiger charge is 2.18. The molecule has 0 aliphatic rings. The molecule has 0 atom stereocenters. The van der Waals surface area contributed by atoms with E-state index in [1.165, 1.54) is 28.7 Å². The number of aryl methyl sites for hydroxylation is 1. The molecule has 0 radical (unpaired) electrons. The van der Waals surface area contributed by atoms with Crippen LogP contribution in [0.1, 0.15) is 26.5 Å². The minimum Gasteiger partial charge on any atom is -0.507 e. The molecule has 2 heterocycles. The second-order valence-electron chi connectivity index (χ2n) is 5.11. The Bertz CT molecular complexity index is 981. The van der Waals surface area contributed by atoms with E-state index >= 15 is 0 Å². The van der Waals surface area contributed by atoms with Gasteiger partial charge in [-0.25, -0.2) is 14.2 Å². The zero-order valence-electron chi connectivity index (χ0n) is 12.4. The number of carboxylic acids is 1. The van der Waals surface area contributed by atoms with Crippen LogP contribution in [0.2, 0.25) is 0 Å². The van der Waals surface area contributed by atoms with Gasteiger partial charge in [0.25, 0.3) is 5.91 Å². The molecule has 122 valence electrons. The van der Waals surface area contributed by atoms with Crippen molar-refractivity contribution in [3.63, 3.8) is 0 Å². The molecule has 0 saturated carbocycles. The number of pyridine rings is 1. The van der Waals surface area contributed by atoms with Crippen LogP contribution >= 0.6 is 0 Å². The summed E-state index contributed by atoms with van der Waals surface area (Å²) < 4.78 is 14.7. The Kier molecular flexibility index (Phi) is 3.64. The number of fused-ring (bicyclic) bond motifs is 1. The van der Waals surface area contributed by atoms with E-state index in [0.29, 0.717) is 11.3 Å². The summed E-state index contributed by atoms with van der Waals surface area (Å²) in [4.78, 5) is 27.7. The Hall–Kier alpha value is -3.42. The monoisotopic (exact) mass is 329 g/mol. The SMILES string of the molecule is Cc1nc2ccc(F)cn2c1C(=O)Nc1ccc(O)c(C(=O)O)c1. The second-order valence-corrected chi connectivity index (χ2v) is 5.11. The molecule has 3 rings (SSSR count). The van der Waals surface area contributed by atoms with Crippen molar-refractivity contribution in [2.24, 2.45) is 0 Å². The van der Waals surface area contributed by atoms with Gasteiger partial charge in [-0.15, -0.1) is 0 Å². The van der Waals surface area contributed by atoms with Gasteiger partial charge in [0, 0.05) is 11.9 Å². The normalized spacial score (nSPS) is 10.8. The van der Waals surface area contributed by atoms with Gasteiger partial charge < -0.3 is 15.5 Å². The highest BCUT2D eigenvalue weighted by molar-refractivity contribution is 6.05. The van der Waals surface area contributed by atoms with Crippen LogP contribution in [0.3, 0.4) is 0 Å². The van der Waals surface area contributed by atoms with Gasteiger partial charge in [-0.05, 0) is 37.3 Å². The van der Waals surface area contributed by atoms with E-state index in [9.17, 15) is 19.1 Å². The summed E-state index contributed by atoms with van der Waals surface area (Å²) in [5, 5.41) is 21.0. The molecular weight excluding hydrogens is 317 g/mol. The molecule has 1 amide bonds. The lowest BCUT2D eigenvalue weighted by atomic mass is 10.1. The topological polar surface area (TPSA) is 104 Å². The molecule has 24 heavy (non-hydrogen) atoms. The minimum absolute atomic E-state index is 0.134. The minimum atomic E-state index is -1.32. The van der Waals surface area contributed by atoms with Crippen LogP contribution in [0.15, 0.2) is 36.5 Å². The number of halogens is 1.